The van der Waals surface area contributed by atoms with Crippen molar-refractivity contribution < 1.29 is 0 Å². The average Bonchev–Trinajstić information content (AvgIpc) is 3.59. The molecule has 0 aliphatic carbocycles. The van der Waals surface area contributed by atoms with Gasteiger partial charge in [0.15, 0.2) is 0 Å². The van der Waals surface area contributed by atoms with Crippen LogP contribution in [0.5, 0.6) is 0 Å². The van der Waals surface area contributed by atoms with Gasteiger partial charge in [0, 0.05) is 62.8 Å². The summed E-state index contributed by atoms with van der Waals surface area (Å²) in [6.45, 7) is 4.58. The first kappa shape index (κ1) is 19.6. The second-order valence-electron chi connectivity index (χ2n) is 8.49. The fourth-order valence-corrected chi connectivity index (χ4v) is 4.60. The number of aryl methyl sites for hydroxylation is 1. The van der Waals surface area contributed by atoms with Crippen molar-refractivity contribution in [1.29, 1.82) is 0 Å². The highest BCUT2D eigenvalue weighted by molar-refractivity contribution is 5.75. The second-order valence-corrected chi connectivity index (χ2v) is 8.49. The Balaban J connectivity index is 1.17. The lowest BCUT2D eigenvalue weighted by Crippen LogP contribution is -2.47. The smallest absolute Gasteiger partial charge is 0.127 e. The van der Waals surface area contributed by atoms with Crippen LogP contribution in [0.25, 0.3) is 16.6 Å². The largest absolute Gasteiger partial charge is 0.365 e. The van der Waals surface area contributed by atoms with Gasteiger partial charge >= 0.3 is 0 Å². The minimum atomic E-state index is 0.788. The molecule has 5 aromatic rings. The zero-order chi connectivity index (χ0) is 22.2. The Kier molecular flexibility index (Phi) is 4.83. The summed E-state index contributed by atoms with van der Waals surface area (Å²) in [6.07, 6.45) is 9.86. The van der Waals surface area contributed by atoms with Crippen LogP contribution in [0.3, 0.4) is 0 Å². The molecule has 1 saturated heterocycles. The van der Waals surface area contributed by atoms with Gasteiger partial charge in [-0.3, -0.25) is 4.68 Å². The number of piperazine rings is 1. The van der Waals surface area contributed by atoms with Crippen LogP contribution in [-0.4, -0.2) is 55.4 Å². The van der Waals surface area contributed by atoms with Crippen LogP contribution in [-0.2, 0) is 13.6 Å². The third-order valence-corrected chi connectivity index (χ3v) is 6.35. The molecule has 1 aromatic carbocycles. The lowest BCUT2D eigenvalue weighted by molar-refractivity contribution is 0.608. The molecule has 0 spiro atoms. The number of aromatic nitrogens is 6. The van der Waals surface area contributed by atoms with Crippen molar-refractivity contribution in [2.24, 2.45) is 7.05 Å². The minimum Gasteiger partial charge on any atom is -0.365 e. The summed E-state index contributed by atoms with van der Waals surface area (Å²) in [5.74, 6) is 1.18. The molecule has 4 aromatic heterocycles. The summed E-state index contributed by atoms with van der Waals surface area (Å²) in [6, 6.07) is 16.9. The van der Waals surface area contributed by atoms with Gasteiger partial charge < -0.3 is 9.80 Å². The minimum absolute atomic E-state index is 0.788. The molecule has 8 nitrogen and oxygen atoms in total. The van der Waals surface area contributed by atoms with Gasteiger partial charge in [-0.25, -0.2) is 9.20 Å². The molecule has 8 heteroatoms. The van der Waals surface area contributed by atoms with Crippen LogP contribution in [0.4, 0.5) is 11.5 Å². The van der Waals surface area contributed by atoms with Crippen LogP contribution in [0.1, 0.15) is 5.56 Å². The molecule has 5 heterocycles. The standard InChI is InChI=1S/C25H26N8/c1-29-18-22(15-27-29)21-7-8-23-24(16-28-32(23)19-21)30-11-13-31(14-12-30)25-9-10-26-33(25)17-20-5-3-2-4-6-20/h2-10,15-16,18-19H,11-14,17H2,1H3. The van der Waals surface area contributed by atoms with Crippen molar-refractivity contribution in [2.75, 3.05) is 36.0 Å². The Labute approximate surface area is 192 Å². The molecule has 166 valence electrons. The highest BCUT2D eigenvalue weighted by Crippen LogP contribution is 2.27. The van der Waals surface area contributed by atoms with Crippen molar-refractivity contribution in [3.05, 3.63) is 85.1 Å². The van der Waals surface area contributed by atoms with Gasteiger partial charge in [-0.05, 0) is 11.6 Å². The Morgan fingerprint density at radius 1 is 0.758 bits per heavy atom. The molecule has 1 aliphatic rings. The Morgan fingerprint density at radius 3 is 2.36 bits per heavy atom. The Morgan fingerprint density at radius 2 is 1.58 bits per heavy atom. The summed E-state index contributed by atoms with van der Waals surface area (Å²) in [7, 11) is 1.93. The number of nitrogens with zero attached hydrogens (tertiary/aromatic N) is 8. The van der Waals surface area contributed by atoms with Gasteiger partial charge in [0.1, 0.15) is 5.82 Å². The maximum Gasteiger partial charge on any atom is 0.127 e. The highest BCUT2D eigenvalue weighted by Gasteiger charge is 2.22. The summed E-state index contributed by atoms with van der Waals surface area (Å²) in [5, 5.41) is 13.5. The normalized spacial score (nSPS) is 14.3. The molecule has 0 atom stereocenters. The van der Waals surface area contributed by atoms with E-state index in [1.54, 1.807) is 0 Å². The number of rotatable bonds is 5. The van der Waals surface area contributed by atoms with E-state index < -0.39 is 0 Å². The van der Waals surface area contributed by atoms with E-state index in [1.165, 1.54) is 17.1 Å². The fraction of sp³-hybridized carbons (Fsp3) is 0.240. The summed E-state index contributed by atoms with van der Waals surface area (Å²) >= 11 is 0. The van der Waals surface area contributed by atoms with E-state index in [1.807, 2.05) is 47.1 Å². The molecular weight excluding hydrogens is 412 g/mol. The van der Waals surface area contributed by atoms with Crippen LogP contribution < -0.4 is 9.80 Å². The van der Waals surface area contributed by atoms with Gasteiger partial charge in [0.25, 0.3) is 0 Å². The zero-order valence-electron chi connectivity index (χ0n) is 18.6. The predicted molar refractivity (Wildman–Crippen MR) is 130 cm³/mol. The van der Waals surface area contributed by atoms with Crippen molar-refractivity contribution in [3.8, 4) is 11.1 Å². The van der Waals surface area contributed by atoms with Gasteiger partial charge in [-0.2, -0.15) is 15.3 Å². The van der Waals surface area contributed by atoms with Gasteiger partial charge in [0.2, 0.25) is 0 Å². The molecule has 0 unspecified atom stereocenters. The first-order valence-electron chi connectivity index (χ1n) is 11.3. The molecule has 0 amide bonds. The van der Waals surface area contributed by atoms with Crippen molar-refractivity contribution in [2.45, 2.75) is 6.54 Å². The van der Waals surface area contributed by atoms with E-state index in [-0.39, 0.29) is 0 Å². The van der Waals surface area contributed by atoms with E-state index >= 15 is 0 Å². The highest BCUT2D eigenvalue weighted by atomic mass is 15.4. The van der Waals surface area contributed by atoms with Crippen molar-refractivity contribution in [3.63, 3.8) is 0 Å². The van der Waals surface area contributed by atoms with Crippen LogP contribution in [0.2, 0.25) is 0 Å². The van der Waals surface area contributed by atoms with E-state index in [2.05, 4.69) is 78.4 Å². The molecular formula is C25H26N8. The number of anilines is 2. The molecule has 6 rings (SSSR count). The van der Waals surface area contributed by atoms with E-state index in [9.17, 15) is 0 Å². The van der Waals surface area contributed by atoms with Crippen molar-refractivity contribution in [1.82, 2.24) is 29.2 Å². The maximum atomic E-state index is 4.64. The van der Waals surface area contributed by atoms with E-state index in [0.717, 1.165) is 49.4 Å². The Bertz CT molecular complexity index is 1370. The molecule has 0 N–H and O–H groups in total. The molecule has 33 heavy (non-hydrogen) atoms. The fourth-order valence-electron chi connectivity index (χ4n) is 4.60. The molecule has 0 saturated carbocycles. The summed E-state index contributed by atoms with van der Waals surface area (Å²) in [5.41, 5.74) is 5.78. The van der Waals surface area contributed by atoms with Gasteiger partial charge in [-0.1, -0.05) is 36.4 Å². The number of pyridine rings is 1. The van der Waals surface area contributed by atoms with Crippen molar-refractivity contribution >= 4 is 17.0 Å². The monoisotopic (exact) mass is 438 g/mol. The number of benzene rings is 1. The van der Waals surface area contributed by atoms with Crippen LogP contribution >= 0.6 is 0 Å². The first-order valence-corrected chi connectivity index (χ1v) is 11.3. The molecule has 1 aliphatic heterocycles. The lowest BCUT2D eigenvalue weighted by Gasteiger charge is -2.36. The second kappa shape index (κ2) is 8.12. The number of hydrogen-bond donors (Lipinski definition) is 0. The SMILES string of the molecule is Cn1cc(-c2ccc3c(N4CCN(c5ccnn5Cc5ccccc5)CC4)cnn3c2)cn1. The number of fused-ring (bicyclic) bond motifs is 1. The third kappa shape index (κ3) is 3.73. The topological polar surface area (TPSA) is 59.4 Å². The maximum absolute atomic E-state index is 4.64. The zero-order valence-corrected chi connectivity index (χ0v) is 18.6. The van der Waals surface area contributed by atoms with Gasteiger partial charge in [0.05, 0.1) is 36.3 Å². The average molecular weight is 439 g/mol. The first-order chi connectivity index (χ1) is 16.2. The van der Waals surface area contributed by atoms with E-state index in [0.29, 0.717) is 0 Å². The molecule has 0 radical (unpaired) electrons. The third-order valence-electron chi connectivity index (χ3n) is 6.35. The molecule has 1 fully saturated rings. The van der Waals surface area contributed by atoms with Gasteiger partial charge in [-0.15, -0.1) is 0 Å². The number of hydrogen-bond acceptors (Lipinski definition) is 5. The summed E-state index contributed by atoms with van der Waals surface area (Å²) < 4.78 is 5.89. The Hall–Kier alpha value is -4.07. The van der Waals surface area contributed by atoms with E-state index in [4.69, 9.17) is 0 Å². The van der Waals surface area contributed by atoms with Crippen LogP contribution in [0, 0.1) is 0 Å². The lowest BCUT2D eigenvalue weighted by atomic mass is 10.1. The summed E-state index contributed by atoms with van der Waals surface area (Å²) in [4.78, 5) is 4.86. The quantitative estimate of drug-likeness (QED) is 0.421. The molecule has 0 bridgehead atoms. The predicted octanol–water partition coefficient (Wildman–Crippen LogP) is 3.31. The van der Waals surface area contributed by atoms with Crippen LogP contribution in [0.15, 0.2) is 79.5 Å².